The normalized spacial score (nSPS) is 38.0. The lowest BCUT2D eigenvalue weighted by molar-refractivity contribution is -0.265. The van der Waals surface area contributed by atoms with Crippen molar-refractivity contribution in [1.82, 2.24) is 14.5 Å². The van der Waals surface area contributed by atoms with Gasteiger partial charge in [0.15, 0.2) is 5.78 Å². The van der Waals surface area contributed by atoms with Gasteiger partial charge in [-0.2, -0.15) is 0 Å². The van der Waals surface area contributed by atoms with Gasteiger partial charge in [0.2, 0.25) is 5.79 Å². The van der Waals surface area contributed by atoms with Crippen LogP contribution >= 0.6 is 0 Å². The van der Waals surface area contributed by atoms with Crippen LogP contribution in [0.2, 0.25) is 0 Å². The molecular formula is C61H93N3O18. The number of aliphatic hydroxyl groups excluding tert-OH is 4. The van der Waals surface area contributed by atoms with Crippen LogP contribution in [0.4, 0.5) is 0 Å². The number of aromatic nitrogens is 2. The Labute approximate surface area is 482 Å². The molecule has 0 unspecified atom stereocenters. The van der Waals surface area contributed by atoms with Gasteiger partial charge in [0.1, 0.15) is 42.5 Å². The molecule has 460 valence electrons. The average Bonchev–Trinajstić information content (AvgIpc) is 3.16. The van der Waals surface area contributed by atoms with E-state index in [4.69, 9.17) is 33.5 Å². The quantitative estimate of drug-likeness (QED) is 0.117. The van der Waals surface area contributed by atoms with Crippen molar-refractivity contribution in [2.45, 2.75) is 212 Å². The van der Waals surface area contributed by atoms with Crippen LogP contribution < -0.4 is 11.2 Å². The zero-order valence-electron chi connectivity index (χ0n) is 49.9. The predicted octanol–water partition coefficient (Wildman–Crippen LogP) is 4.67. The zero-order chi connectivity index (χ0) is 60.7. The van der Waals surface area contributed by atoms with E-state index in [-0.39, 0.29) is 67.8 Å². The maximum Gasteiger partial charge on any atom is 0.330 e. The fraction of sp³-hybridized carbons (Fsp3) is 0.721. The summed E-state index contributed by atoms with van der Waals surface area (Å²) in [5.41, 5.74) is 0.623. The van der Waals surface area contributed by atoms with Gasteiger partial charge in [-0.1, -0.05) is 71.1 Å². The number of carbonyl (C=O) groups excluding carboxylic acids is 5. The zero-order valence-corrected chi connectivity index (χ0v) is 49.9. The summed E-state index contributed by atoms with van der Waals surface area (Å²) in [7, 11) is 4.52. The van der Waals surface area contributed by atoms with Crippen molar-refractivity contribution >= 4 is 29.2 Å². The van der Waals surface area contributed by atoms with Gasteiger partial charge in [0, 0.05) is 76.7 Å². The molecule has 0 spiro atoms. The van der Waals surface area contributed by atoms with E-state index in [0.29, 0.717) is 68.9 Å². The molecule has 82 heavy (non-hydrogen) atoms. The molecule has 5 aliphatic rings. The summed E-state index contributed by atoms with van der Waals surface area (Å²) in [5.74, 6) is -7.96. The number of esters is 1. The molecule has 21 heteroatoms. The first-order valence-corrected chi connectivity index (χ1v) is 29.2. The third kappa shape index (κ3) is 17.6. The standard InChI is InChI=1S/C51H79NO13.C10H14N2O5/c1-30-16-12-11-13-17-31(2)42(61-8)28-38-21-19-36(7)51(60,65-38)48(57)49(58)52-23-15-14-18-39(52)50(59)64-43(33(4)26-37-20-22-40(53)44(27-37)62-9)29-41(54)32(3)25-35(6)46(56)47(63-10)45(55)34(5)24-30;1-5-3-12(10(16)11-9(5)15)8-2-6(14)7(4-13)17-8/h11-13,16-17,25,30,32-34,36-40,42-44,46-47,53,56,60H,14-15,18-24,26-29H2,1-10H3;3,6-8,13-14H,2,4H2,1H3,(H,11,15,16)/b13-11+,16-12+,31-17+,35-25+;/t30-,32-,33-,34-,36-,37+,38+,39+,40-,42+,43+,44-,46-,47+,51-;6-,7+,8+/m10/s1. The van der Waals surface area contributed by atoms with Gasteiger partial charge in [0.25, 0.3) is 17.2 Å². The molecule has 3 saturated heterocycles. The molecule has 4 aliphatic heterocycles. The van der Waals surface area contributed by atoms with Gasteiger partial charge >= 0.3 is 11.7 Å². The van der Waals surface area contributed by atoms with Gasteiger partial charge in [0.05, 0.1) is 37.1 Å². The largest absolute Gasteiger partial charge is 0.460 e. The van der Waals surface area contributed by atoms with Crippen molar-refractivity contribution in [3.05, 3.63) is 80.2 Å². The number of allylic oxidation sites excluding steroid dienone is 6. The van der Waals surface area contributed by atoms with Crippen molar-refractivity contribution in [1.29, 1.82) is 0 Å². The van der Waals surface area contributed by atoms with E-state index >= 15 is 0 Å². The van der Waals surface area contributed by atoms with Crippen LogP contribution in [0.3, 0.4) is 0 Å². The number of methoxy groups -OCH3 is 3. The van der Waals surface area contributed by atoms with E-state index in [0.717, 1.165) is 12.0 Å². The number of Topliss-reactive ketones (excluding diaryl/α,β-unsaturated/α-hetero) is 3. The number of H-pyrrole nitrogens is 1. The van der Waals surface area contributed by atoms with Crippen LogP contribution in [-0.4, -0.2) is 170 Å². The summed E-state index contributed by atoms with van der Waals surface area (Å²) >= 11 is 0. The molecule has 18 atom stereocenters. The maximum absolute atomic E-state index is 14.4. The van der Waals surface area contributed by atoms with E-state index < -0.39 is 114 Å². The highest BCUT2D eigenvalue weighted by molar-refractivity contribution is 6.39. The maximum atomic E-state index is 14.4. The van der Waals surface area contributed by atoms with Crippen molar-refractivity contribution in [3.8, 4) is 0 Å². The van der Waals surface area contributed by atoms with Crippen molar-refractivity contribution in [2.24, 2.45) is 35.5 Å². The van der Waals surface area contributed by atoms with E-state index in [2.05, 4.69) is 4.98 Å². The van der Waals surface area contributed by atoms with Gasteiger partial charge in [-0.15, -0.1) is 0 Å². The van der Waals surface area contributed by atoms with E-state index in [1.807, 2.05) is 58.1 Å². The second kappa shape index (κ2) is 31.4. The van der Waals surface area contributed by atoms with Crippen LogP contribution in [0, 0.1) is 42.4 Å². The van der Waals surface area contributed by atoms with Crippen LogP contribution in [0.25, 0.3) is 0 Å². The lowest BCUT2D eigenvalue weighted by Gasteiger charge is -2.42. The van der Waals surface area contributed by atoms with Crippen LogP contribution in [0.5, 0.6) is 0 Å². The molecule has 6 rings (SSSR count). The number of fused-ring (bicyclic) bond motifs is 3. The minimum Gasteiger partial charge on any atom is -0.460 e. The molecule has 4 fully saturated rings. The predicted molar refractivity (Wildman–Crippen MR) is 303 cm³/mol. The Morgan fingerprint density at radius 1 is 0.817 bits per heavy atom. The summed E-state index contributed by atoms with van der Waals surface area (Å²) in [6.45, 7) is 14.0. The van der Waals surface area contributed by atoms with Gasteiger partial charge < -0.3 is 58.9 Å². The first-order valence-electron chi connectivity index (χ1n) is 29.2. The first-order chi connectivity index (χ1) is 38.8. The van der Waals surface area contributed by atoms with Crippen LogP contribution in [0.1, 0.15) is 144 Å². The number of aryl methyl sites for hydroxylation is 1. The third-order valence-corrected chi connectivity index (χ3v) is 17.3. The molecule has 1 saturated carbocycles. The molecule has 1 aromatic heterocycles. The number of nitrogens with one attached hydrogen (secondary N) is 1. The number of nitrogens with zero attached hydrogens (tertiary/aromatic N) is 2. The third-order valence-electron chi connectivity index (χ3n) is 17.3. The number of rotatable bonds is 8. The fourth-order valence-corrected chi connectivity index (χ4v) is 12.0. The summed E-state index contributed by atoms with van der Waals surface area (Å²) < 4.78 is 35.9. The summed E-state index contributed by atoms with van der Waals surface area (Å²) in [6.07, 6.45) is 10.6. The van der Waals surface area contributed by atoms with E-state index in [1.165, 1.54) is 22.8 Å². The molecule has 1 amide bonds. The fourth-order valence-electron chi connectivity index (χ4n) is 12.0. The SMILES string of the molecule is CO[C@H]1C[C@@H]2CC[C@@H](C)[C@@](O)(O2)C(=O)C(=O)N2CCCC[C@H]2C(=O)O[C@H]([C@H](C)C[C@@H]2CC[C@@H](O)[C@H](OC)C2)CC(=O)[C@H](C)/C=C(\C)[C@@H](O)[C@@H](OC)C(=O)[C@H](C)C[C@H](C)/C=C/C=C/C=C/1C.Cc1cn([C@H]2C[C@H](O)[C@@H](CO)O2)c(=O)[nH]c1=O. The molecule has 0 radical (unpaired) electrons. The molecule has 1 aliphatic carbocycles. The number of ether oxygens (including phenoxy) is 6. The molecule has 5 heterocycles. The number of piperidine rings is 1. The highest BCUT2D eigenvalue weighted by atomic mass is 16.6. The Bertz CT molecular complexity index is 2570. The second-order valence-electron chi connectivity index (χ2n) is 23.7. The first kappa shape index (κ1) is 68.0. The summed E-state index contributed by atoms with van der Waals surface area (Å²) in [4.78, 5) is 96.7. The number of aliphatic hydroxyl groups is 5. The van der Waals surface area contributed by atoms with Crippen LogP contribution in [-0.2, 0) is 52.4 Å². The molecule has 21 nitrogen and oxygen atoms in total. The minimum atomic E-state index is -2.43. The van der Waals surface area contributed by atoms with Crippen LogP contribution in [0.15, 0.2) is 63.4 Å². The Kier molecular flexibility index (Phi) is 26.0. The highest BCUT2D eigenvalue weighted by Crippen LogP contribution is 2.38. The van der Waals surface area contributed by atoms with Gasteiger partial charge in [-0.05, 0) is 114 Å². The topological polar surface area (TPSA) is 300 Å². The number of carbonyl (C=O) groups is 5. The second-order valence-corrected chi connectivity index (χ2v) is 23.7. The summed E-state index contributed by atoms with van der Waals surface area (Å²) in [5, 5.41) is 52.3. The number of hydrogen-bond donors (Lipinski definition) is 6. The molecule has 0 aromatic carbocycles. The Balaban J connectivity index is 0.000000613. The average molecular weight is 1160 g/mol. The van der Waals surface area contributed by atoms with E-state index in [9.17, 15) is 54.0 Å². The molecule has 1 aromatic rings. The lowest BCUT2D eigenvalue weighted by Crippen LogP contribution is -2.61. The van der Waals surface area contributed by atoms with Gasteiger partial charge in [-0.3, -0.25) is 33.5 Å². The van der Waals surface area contributed by atoms with Crippen molar-refractivity contribution < 1.29 is 77.9 Å². The smallest absolute Gasteiger partial charge is 0.330 e. The molecule has 2 bridgehead atoms. The number of amides is 1. The Hall–Kier alpha value is -4.81. The number of ketones is 3. The minimum absolute atomic E-state index is 0.0193. The monoisotopic (exact) mass is 1160 g/mol. The van der Waals surface area contributed by atoms with Gasteiger partial charge in [-0.25, -0.2) is 9.59 Å². The van der Waals surface area contributed by atoms with Crippen molar-refractivity contribution in [3.63, 3.8) is 0 Å². The van der Waals surface area contributed by atoms with E-state index in [1.54, 1.807) is 48.0 Å². The number of hydrogen-bond acceptors (Lipinski definition) is 18. The number of cyclic esters (lactones) is 1. The summed E-state index contributed by atoms with van der Waals surface area (Å²) in [6, 6.07) is -1.14. The van der Waals surface area contributed by atoms with Crippen molar-refractivity contribution in [2.75, 3.05) is 34.5 Å². The lowest BCUT2D eigenvalue weighted by atomic mass is 9.78. The Morgan fingerprint density at radius 3 is 2.20 bits per heavy atom. The highest BCUT2D eigenvalue weighted by Gasteiger charge is 2.53. The number of aromatic amines is 1. The molecule has 6 N–H and O–H groups in total. The Morgan fingerprint density at radius 2 is 1.54 bits per heavy atom. The molecular weight excluding hydrogens is 1060 g/mol.